The molecule has 0 bridgehead atoms. The van der Waals surface area contributed by atoms with E-state index < -0.39 is 0 Å². The summed E-state index contributed by atoms with van der Waals surface area (Å²) < 4.78 is 1.26. The van der Waals surface area contributed by atoms with E-state index in [1.165, 1.54) is 47.7 Å². The molecule has 1 unspecified atom stereocenters. The molecule has 1 aliphatic carbocycles. The maximum Gasteiger partial charge on any atom is 0.0212 e. The lowest BCUT2D eigenvalue weighted by Gasteiger charge is -2.29. The van der Waals surface area contributed by atoms with Crippen LogP contribution in [0.3, 0.4) is 0 Å². The molecular formula is C16H24BrN. The second kappa shape index (κ2) is 5.75. The molecule has 0 amide bonds. The Kier molecular flexibility index (Phi) is 4.50. The number of rotatable bonds is 4. The Balaban J connectivity index is 2.33. The number of nitrogens with two attached hydrogens (primary N) is 1. The highest BCUT2D eigenvalue weighted by Gasteiger charge is 2.34. The van der Waals surface area contributed by atoms with Crippen molar-refractivity contribution in [2.24, 2.45) is 5.73 Å². The second-order valence-electron chi connectivity index (χ2n) is 5.74. The Morgan fingerprint density at radius 2 is 2.00 bits per heavy atom. The van der Waals surface area contributed by atoms with Gasteiger partial charge in [-0.1, -0.05) is 54.8 Å². The molecule has 1 atom stereocenters. The summed E-state index contributed by atoms with van der Waals surface area (Å²) in [5, 5.41) is 0. The summed E-state index contributed by atoms with van der Waals surface area (Å²) in [6, 6.07) is 6.92. The van der Waals surface area contributed by atoms with Crippen molar-refractivity contribution in [3.63, 3.8) is 0 Å². The molecule has 0 radical (unpaired) electrons. The molecule has 2 rings (SSSR count). The monoisotopic (exact) mass is 309 g/mol. The van der Waals surface area contributed by atoms with Crippen molar-refractivity contribution in [3.8, 4) is 0 Å². The first-order valence-corrected chi connectivity index (χ1v) is 7.92. The standard InChI is InChI=1S/C16H24BrN/c1-3-12(2)14-7-6-13(10-15(14)17)16(11-18)8-4-5-9-16/h6-7,10,12H,3-5,8-9,11,18H2,1-2H3. The first-order valence-electron chi connectivity index (χ1n) is 7.13. The molecule has 18 heavy (non-hydrogen) atoms. The zero-order chi connectivity index (χ0) is 13.2. The summed E-state index contributed by atoms with van der Waals surface area (Å²) >= 11 is 3.75. The highest BCUT2D eigenvalue weighted by atomic mass is 79.9. The van der Waals surface area contributed by atoms with Gasteiger partial charge in [-0.15, -0.1) is 0 Å². The molecule has 0 aromatic heterocycles. The van der Waals surface area contributed by atoms with Gasteiger partial charge in [0.25, 0.3) is 0 Å². The van der Waals surface area contributed by atoms with Gasteiger partial charge in [-0.3, -0.25) is 0 Å². The third kappa shape index (κ3) is 2.50. The molecular weight excluding hydrogens is 286 g/mol. The van der Waals surface area contributed by atoms with Crippen molar-refractivity contribution in [1.82, 2.24) is 0 Å². The van der Waals surface area contributed by atoms with Crippen molar-refractivity contribution in [2.75, 3.05) is 6.54 Å². The summed E-state index contributed by atoms with van der Waals surface area (Å²) in [6.07, 6.45) is 6.32. The zero-order valence-electron chi connectivity index (χ0n) is 11.5. The minimum Gasteiger partial charge on any atom is -0.330 e. The molecule has 0 saturated heterocycles. The van der Waals surface area contributed by atoms with E-state index in [9.17, 15) is 0 Å². The topological polar surface area (TPSA) is 26.0 Å². The van der Waals surface area contributed by atoms with Crippen LogP contribution in [-0.4, -0.2) is 6.54 Å². The molecule has 0 heterocycles. The van der Waals surface area contributed by atoms with Gasteiger partial charge in [-0.2, -0.15) is 0 Å². The molecule has 0 spiro atoms. The van der Waals surface area contributed by atoms with Crippen molar-refractivity contribution in [2.45, 2.75) is 57.3 Å². The molecule has 1 nitrogen and oxygen atoms in total. The van der Waals surface area contributed by atoms with Gasteiger partial charge >= 0.3 is 0 Å². The van der Waals surface area contributed by atoms with E-state index in [-0.39, 0.29) is 5.41 Å². The van der Waals surface area contributed by atoms with Crippen LogP contribution in [0.15, 0.2) is 22.7 Å². The van der Waals surface area contributed by atoms with Gasteiger partial charge in [0.2, 0.25) is 0 Å². The van der Waals surface area contributed by atoms with Gasteiger partial charge in [-0.25, -0.2) is 0 Å². The minimum atomic E-state index is 0.247. The van der Waals surface area contributed by atoms with Crippen LogP contribution in [0.2, 0.25) is 0 Å². The zero-order valence-corrected chi connectivity index (χ0v) is 13.1. The van der Waals surface area contributed by atoms with Crippen molar-refractivity contribution in [1.29, 1.82) is 0 Å². The minimum absolute atomic E-state index is 0.247. The molecule has 2 N–H and O–H groups in total. The molecule has 1 fully saturated rings. The predicted octanol–water partition coefficient (Wildman–Crippen LogP) is 4.73. The fourth-order valence-electron chi connectivity index (χ4n) is 3.14. The summed E-state index contributed by atoms with van der Waals surface area (Å²) in [5.74, 6) is 0.617. The Bertz CT molecular complexity index is 408. The van der Waals surface area contributed by atoms with Crippen LogP contribution in [0, 0.1) is 0 Å². The van der Waals surface area contributed by atoms with Gasteiger partial charge < -0.3 is 5.73 Å². The summed E-state index contributed by atoms with van der Waals surface area (Å²) in [4.78, 5) is 0. The lowest BCUT2D eigenvalue weighted by molar-refractivity contribution is 0.452. The predicted molar refractivity (Wildman–Crippen MR) is 82.0 cm³/mol. The number of benzene rings is 1. The van der Waals surface area contributed by atoms with Crippen molar-refractivity contribution in [3.05, 3.63) is 33.8 Å². The van der Waals surface area contributed by atoms with Crippen LogP contribution in [0.25, 0.3) is 0 Å². The third-order valence-electron chi connectivity index (χ3n) is 4.71. The fraction of sp³-hybridized carbons (Fsp3) is 0.625. The van der Waals surface area contributed by atoms with E-state index in [4.69, 9.17) is 5.73 Å². The maximum absolute atomic E-state index is 6.06. The van der Waals surface area contributed by atoms with Gasteiger partial charge in [0.1, 0.15) is 0 Å². The Labute approximate surface area is 119 Å². The van der Waals surface area contributed by atoms with Crippen LogP contribution in [0.4, 0.5) is 0 Å². The van der Waals surface area contributed by atoms with E-state index in [0.29, 0.717) is 5.92 Å². The van der Waals surface area contributed by atoms with Crippen LogP contribution < -0.4 is 5.73 Å². The summed E-state index contributed by atoms with van der Waals surface area (Å²) in [5.41, 5.74) is 9.16. The Morgan fingerprint density at radius 3 is 2.50 bits per heavy atom. The lowest BCUT2D eigenvalue weighted by Crippen LogP contribution is -2.32. The van der Waals surface area contributed by atoms with Crippen molar-refractivity contribution >= 4 is 15.9 Å². The number of halogens is 1. The van der Waals surface area contributed by atoms with E-state index in [1.807, 2.05) is 0 Å². The quantitative estimate of drug-likeness (QED) is 0.854. The fourth-order valence-corrected chi connectivity index (χ4v) is 3.91. The molecule has 100 valence electrons. The van der Waals surface area contributed by atoms with Crippen LogP contribution in [-0.2, 0) is 5.41 Å². The molecule has 0 aliphatic heterocycles. The molecule has 2 heteroatoms. The molecule has 1 aromatic rings. The first-order chi connectivity index (χ1) is 8.63. The van der Waals surface area contributed by atoms with E-state index in [2.05, 4.69) is 48.0 Å². The average molecular weight is 310 g/mol. The summed E-state index contributed by atoms with van der Waals surface area (Å²) in [6.45, 7) is 5.31. The van der Waals surface area contributed by atoms with Gasteiger partial charge in [0.05, 0.1) is 0 Å². The van der Waals surface area contributed by atoms with Crippen LogP contribution >= 0.6 is 15.9 Å². The smallest absolute Gasteiger partial charge is 0.0212 e. The third-order valence-corrected chi connectivity index (χ3v) is 5.39. The Hall–Kier alpha value is -0.340. The van der Waals surface area contributed by atoms with Gasteiger partial charge in [0, 0.05) is 16.4 Å². The van der Waals surface area contributed by atoms with E-state index in [1.54, 1.807) is 0 Å². The van der Waals surface area contributed by atoms with Gasteiger partial charge in [0.15, 0.2) is 0 Å². The maximum atomic E-state index is 6.06. The molecule has 1 aliphatic rings. The normalized spacial score (nSPS) is 20.0. The summed E-state index contributed by atoms with van der Waals surface area (Å²) in [7, 11) is 0. The van der Waals surface area contributed by atoms with Crippen molar-refractivity contribution < 1.29 is 0 Å². The average Bonchev–Trinajstić information content (AvgIpc) is 2.87. The number of hydrogen-bond acceptors (Lipinski definition) is 1. The SMILES string of the molecule is CCC(C)c1ccc(C2(CN)CCCC2)cc1Br. The largest absolute Gasteiger partial charge is 0.330 e. The van der Waals surface area contributed by atoms with Crippen LogP contribution in [0.5, 0.6) is 0 Å². The van der Waals surface area contributed by atoms with E-state index in [0.717, 1.165) is 6.54 Å². The Morgan fingerprint density at radius 1 is 1.33 bits per heavy atom. The highest BCUT2D eigenvalue weighted by molar-refractivity contribution is 9.10. The number of hydrogen-bond donors (Lipinski definition) is 1. The van der Waals surface area contributed by atoms with Crippen LogP contribution in [0.1, 0.15) is 63.0 Å². The molecule has 1 saturated carbocycles. The molecule has 1 aromatic carbocycles. The second-order valence-corrected chi connectivity index (χ2v) is 6.59. The lowest BCUT2D eigenvalue weighted by atomic mass is 9.78. The first kappa shape index (κ1) is 14.1. The van der Waals surface area contributed by atoms with E-state index >= 15 is 0 Å². The highest BCUT2D eigenvalue weighted by Crippen LogP contribution is 2.42. The van der Waals surface area contributed by atoms with Gasteiger partial charge in [-0.05, 0) is 42.4 Å².